The van der Waals surface area contributed by atoms with Gasteiger partial charge in [-0.2, -0.15) is 0 Å². The highest BCUT2D eigenvalue weighted by atomic mass is 79.9. The molecule has 1 aromatic carbocycles. The van der Waals surface area contributed by atoms with Gasteiger partial charge in [-0.15, -0.1) is 12.4 Å². The van der Waals surface area contributed by atoms with Crippen molar-refractivity contribution in [3.8, 4) is 11.5 Å². The standard InChI is InChI=1S/C17H19BrN2O2.ClH/c1-3-7-22-17-15(18)8-14(9-16(17)21-2)12-20-11-13-5-4-6-19-10-13;/h3-6,8-10,20H,1,7,11-12H2,2H3;1H. The summed E-state index contributed by atoms with van der Waals surface area (Å²) in [5, 5.41) is 3.39. The van der Waals surface area contributed by atoms with E-state index in [2.05, 4.69) is 32.8 Å². The normalized spacial score (nSPS) is 9.83. The second kappa shape index (κ2) is 10.3. The van der Waals surface area contributed by atoms with Gasteiger partial charge in [-0.05, 0) is 45.3 Å². The zero-order chi connectivity index (χ0) is 15.8. The average Bonchev–Trinajstić information content (AvgIpc) is 2.54. The third-order valence-corrected chi connectivity index (χ3v) is 3.60. The smallest absolute Gasteiger partial charge is 0.175 e. The van der Waals surface area contributed by atoms with Crippen LogP contribution in [0.4, 0.5) is 0 Å². The zero-order valence-electron chi connectivity index (χ0n) is 12.9. The van der Waals surface area contributed by atoms with Gasteiger partial charge >= 0.3 is 0 Å². The lowest BCUT2D eigenvalue weighted by Crippen LogP contribution is -2.13. The molecule has 1 aromatic heterocycles. The van der Waals surface area contributed by atoms with E-state index in [1.54, 1.807) is 19.4 Å². The Labute approximate surface area is 151 Å². The van der Waals surface area contributed by atoms with Crippen LogP contribution in [0.15, 0.2) is 53.8 Å². The van der Waals surface area contributed by atoms with E-state index in [4.69, 9.17) is 9.47 Å². The van der Waals surface area contributed by atoms with Crippen LogP contribution in [-0.4, -0.2) is 18.7 Å². The average molecular weight is 400 g/mol. The minimum Gasteiger partial charge on any atom is -0.493 e. The Hall–Kier alpha value is -1.56. The van der Waals surface area contributed by atoms with Crippen LogP contribution in [0.5, 0.6) is 11.5 Å². The Balaban J connectivity index is 0.00000264. The lowest BCUT2D eigenvalue weighted by Gasteiger charge is -2.14. The molecule has 0 spiro atoms. The highest BCUT2D eigenvalue weighted by molar-refractivity contribution is 9.10. The largest absolute Gasteiger partial charge is 0.493 e. The van der Waals surface area contributed by atoms with Crippen molar-refractivity contribution in [3.05, 3.63) is 64.9 Å². The molecule has 0 amide bonds. The molecule has 0 bridgehead atoms. The van der Waals surface area contributed by atoms with Gasteiger partial charge in [0.25, 0.3) is 0 Å². The molecule has 0 saturated carbocycles. The molecule has 2 rings (SSSR count). The molecule has 0 atom stereocenters. The first-order valence-corrected chi connectivity index (χ1v) is 7.73. The summed E-state index contributed by atoms with van der Waals surface area (Å²) in [6.07, 6.45) is 5.33. The van der Waals surface area contributed by atoms with Crippen LogP contribution < -0.4 is 14.8 Å². The fourth-order valence-corrected chi connectivity index (χ4v) is 2.62. The van der Waals surface area contributed by atoms with Gasteiger partial charge in [-0.1, -0.05) is 18.7 Å². The van der Waals surface area contributed by atoms with Gasteiger partial charge in [0.05, 0.1) is 11.6 Å². The SMILES string of the molecule is C=CCOc1c(Br)cc(CNCc2cccnc2)cc1OC.Cl. The van der Waals surface area contributed by atoms with Gasteiger partial charge in [-0.25, -0.2) is 0 Å². The number of nitrogens with zero attached hydrogens (tertiary/aromatic N) is 1. The number of hydrogen-bond donors (Lipinski definition) is 1. The third-order valence-electron chi connectivity index (χ3n) is 3.02. The van der Waals surface area contributed by atoms with E-state index in [0.29, 0.717) is 18.1 Å². The van der Waals surface area contributed by atoms with Crippen molar-refractivity contribution < 1.29 is 9.47 Å². The molecule has 0 radical (unpaired) electrons. The third kappa shape index (κ3) is 5.86. The maximum atomic E-state index is 5.62. The Morgan fingerprint density at radius 2 is 2.09 bits per heavy atom. The van der Waals surface area contributed by atoms with Crippen LogP contribution in [0.25, 0.3) is 0 Å². The number of halogens is 2. The molecule has 6 heteroatoms. The quantitative estimate of drug-likeness (QED) is 0.678. The molecule has 23 heavy (non-hydrogen) atoms. The second-order valence-corrected chi connectivity index (χ2v) is 5.53. The van der Waals surface area contributed by atoms with E-state index in [-0.39, 0.29) is 12.4 Å². The first-order chi connectivity index (χ1) is 10.7. The van der Waals surface area contributed by atoms with Crippen molar-refractivity contribution in [1.29, 1.82) is 0 Å². The van der Waals surface area contributed by atoms with E-state index >= 15 is 0 Å². The lowest BCUT2D eigenvalue weighted by molar-refractivity contribution is 0.324. The fraction of sp³-hybridized carbons (Fsp3) is 0.235. The Bertz CT molecular complexity index is 623. The number of benzene rings is 1. The molecule has 1 N–H and O–H groups in total. The zero-order valence-corrected chi connectivity index (χ0v) is 15.3. The van der Waals surface area contributed by atoms with Crippen LogP contribution in [0, 0.1) is 0 Å². The summed E-state index contributed by atoms with van der Waals surface area (Å²) in [6, 6.07) is 7.97. The number of pyridine rings is 1. The van der Waals surface area contributed by atoms with Crippen molar-refractivity contribution in [3.63, 3.8) is 0 Å². The molecule has 0 unspecified atom stereocenters. The van der Waals surface area contributed by atoms with Crippen molar-refractivity contribution in [2.75, 3.05) is 13.7 Å². The van der Waals surface area contributed by atoms with Crippen LogP contribution in [-0.2, 0) is 13.1 Å². The van der Waals surface area contributed by atoms with Crippen LogP contribution in [0.2, 0.25) is 0 Å². The minimum absolute atomic E-state index is 0. The number of methoxy groups -OCH3 is 1. The number of hydrogen-bond acceptors (Lipinski definition) is 4. The van der Waals surface area contributed by atoms with Gasteiger partial charge in [0.2, 0.25) is 0 Å². The molecule has 0 fully saturated rings. The highest BCUT2D eigenvalue weighted by Crippen LogP contribution is 2.36. The van der Waals surface area contributed by atoms with Gasteiger partial charge in [0.15, 0.2) is 11.5 Å². The van der Waals surface area contributed by atoms with E-state index in [1.165, 1.54) is 0 Å². The molecule has 0 saturated heterocycles. The van der Waals surface area contributed by atoms with Crippen LogP contribution >= 0.6 is 28.3 Å². The first-order valence-electron chi connectivity index (χ1n) is 6.94. The topological polar surface area (TPSA) is 43.4 Å². The Morgan fingerprint density at radius 1 is 1.30 bits per heavy atom. The summed E-state index contributed by atoms with van der Waals surface area (Å²) in [7, 11) is 1.63. The number of ether oxygens (including phenoxy) is 2. The molecular weight excluding hydrogens is 380 g/mol. The van der Waals surface area contributed by atoms with Gasteiger partial charge < -0.3 is 14.8 Å². The molecule has 1 heterocycles. The van der Waals surface area contributed by atoms with E-state index in [0.717, 1.165) is 28.7 Å². The minimum atomic E-state index is 0. The summed E-state index contributed by atoms with van der Waals surface area (Å²) in [5.41, 5.74) is 2.26. The Morgan fingerprint density at radius 3 is 2.74 bits per heavy atom. The van der Waals surface area contributed by atoms with Crippen molar-refractivity contribution in [2.24, 2.45) is 0 Å². The predicted molar refractivity (Wildman–Crippen MR) is 98.4 cm³/mol. The lowest BCUT2D eigenvalue weighted by atomic mass is 10.2. The molecular formula is C17H20BrClN2O2. The van der Waals surface area contributed by atoms with Crippen molar-refractivity contribution in [2.45, 2.75) is 13.1 Å². The first kappa shape index (κ1) is 19.5. The maximum Gasteiger partial charge on any atom is 0.175 e. The fourth-order valence-electron chi connectivity index (χ4n) is 2.01. The summed E-state index contributed by atoms with van der Waals surface area (Å²) >= 11 is 3.53. The molecule has 0 aliphatic heterocycles. The van der Waals surface area contributed by atoms with Gasteiger partial charge in [0.1, 0.15) is 6.61 Å². The monoisotopic (exact) mass is 398 g/mol. The van der Waals surface area contributed by atoms with E-state index in [9.17, 15) is 0 Å². The summed E-state index contributed by atoms with van der Waals surface area (Å²) in [5.74, 6) is 1.40. The van der Waals surface area contributed by atoms with Gasteiger partial charge in [-0.3, -0.25) is 4.98 Å². The highest BCUT2D eigenvalue weighted by Gasteiger charge is 2.11. The number of rotatable bonds is 8. The number of aromatic nitrogens is 1. The summed E-state index contributed by atoms with van der Waals surface area (Å²) in [6.45, 7) is 5.58. The van der Waals surface area contributed by atoms with Crippen molar-refractivity contribution in [1.82, 2.24) is 10.3 Å². The molecule has 2 aromatic rings. The van der Waals surface area contributed by atoms with Gasteiger partial charge in [0, 0.05) is 25.5 Å². The molecule has 0 aliphatic rings. The molecule has 0 aliphatic carbocycles. The van der Waals surface area contributed by atoms with E-state index in [1.807, 2.05) is 30.5 Å². The van der Waals surface area contributed by atoms with Crippen molar-refractivity contribution >= 4 is 28.3 Å². The molecule has 4 nitrogen and oxygen atoms in total. The maximum absolute atomic E-state index is 5.62. The summed E-state index contributed by atoms with van der Waals surface area (Å²) in [4.78, 5) is 4.10. The molecule has 124 valence electrons. The van der Waals surface area contributed by atoms with Crippen LogP contribution in [0.3, 0.4) is 0 Å². The predicted octanol–water partition coefficient (Wildman–Crippen LogP) is 4.13. The Kier molecular flexibility index (Phi) is 8.69. The number of nitrogens with one attached hydrogen (secondary N) is 1. The van der Waals surface area contributed by atoms with Crippen LogP contribution in [0.1, 0.15) is 11.1 Å². The second-order valence-electron chi connectivity index (χ2n) is 4.67. The summed E-state index contributed by atoms with van der Waals surface area (Å²) < 4.78 is 11.9. The van der Waals surface area contributed by atoms with E-state index < -0.39 is 0 Å².